The average Bonchev–Trinajstić information content (AvgIpc) is 2.35. The zero-order valence-corrected chi connectivity index (χ0v) is 9.78. The Hall–Kier alpha value is -1.62. The van der Waals surface area contributed by atoms with Crippen LogP contribution < -0.4 is 10.6 Å². The molecule has 0 fully saturated rings. The normalized spacial score (nSPS) is 11.9. The standard InChI is InChI=1S/C11H17N3O2/c1-8(16-3)7-14-10-9(11(15)12-2)5-4-6-13-10/h4-6,8H,7H2,1-3H3,(H,12,15)(H,13,14). The Bertz CT molecular complexity index is 355. The number of pyridine rings is 1. The van der Waals surface area contributed by atoms with Crippen molar-refractivity contribution in [1.29, 1.82) is 0 Å². The molecule has 16 heavy (non-hydrogen) atoms. The summed E-state index contributed by atoms with van der Waals surface area (Å²) in [6.45, 7) is 2.55. The first kappa shape index (κ1) is 12.4. The third-order valence-corrected chi connectivity index (χ3v) is 2.24. The second kappa shape index (κ2) is 6.07. The van der Waals surface area contributed by atoms with Gasteiger partial charge in [0.25, 0.3) is 5.91 Å². The van der Waals surface area contributed by atoms with Crippen molar-refractivity contribution < 1.29 is 9.53 Å². The summed E-state index contributed by atoms with van der Waals surface area (Å²) in [6, 6.07) is 3.46. The fourth-order valence-electron chi connectivity index (χ4n) is 1.19. The van der Waals surface area contributed by atoms with Crippen LogP contribution in [0.4, 0.5) is 5.82 Å². The van der Waals surface area contributed by atoms with Gasteiger partial charge in [-0.05, 0) is 19.1 Å². The van der Waals surface area contributed by atoms with Gasteiger partial charge >= 0.3 is 0 Å². The van der Waals surface area contributed by atoms with E-state index in [1.165, 1.54) is 0 Å². The van der Waals surface area contributed by atoms with Crippen LogP contribution >= 0.6 is 0 Å². The molecule has 1 unspecified atom stereocenters. The van der Waals surface area contributed by atoms with Gasteiger partial charge in [0, 0.05) is 26.9 Å². The number of amides is 1. The van der Waals surface area contributed by atoms with E-state index in [1.54, 1.807) is 32.5 Å². The third kappa shape index (κ3) is 3.20. The lowest BCUT2D eigenvalue weighted by Crippen LogP contribution is -2.23. The molecule has 1 amide bonds. The zero-order valence-electron chi connectivity index (χ0n) is 9.78. The maximum absolute atomic E-state index is 11.5. The molecule has 0 bridgehead atoms. The second-order valence-electron chi connectivity index (χ2n) is 3.41. The van der Waals surface area contributed by atoms with Gasteiger partial charge in [0.1, 0.15) is 5.82 Å². The highest BCUT2D eigenvalue weighted by Gasteiger charge is 2.10. The highest BCUT2D eigenvalue weighted by Crippen LogP contribution is 2.11. The van der Waals surface area contributed by atoms with E-state index < -0.39 is 0 Å². The molecule has 0 spiro atoms. The van der Waals surface area contributed by atoms with E-state index in [2.05, 4.69) is 15.6 Å². The molecule has 88 valence electrons. The van der Waals surface area contributed by atoms with Crippen LogP contribution in [0, 0.1) is 0 Å². The Morgan fingerprint density at radius 1 is 1.62 bits per heavy atom. The summed E-state index contributed by atoms with van der Waals surface area (Å²) >= 11 is 0. The molecule has 0 saturated carbocycles. The SMILES string of the molecule is CNC(=O)c1cccnc1NCC(C)OC. The Kier molecular flexibility index (Phi) is 4.72. The van der Waals surface area contributed by atoms with Crippen LogP contribution in [-0.2, 0) is 4.74 Å². The lowest BCUT2D eigenvalue weighted by molar-refractivity contribution is 0.0963. The quantitative estimate of drug-likeness (QED) is 0.778. The van der Waals surface area contributed by atoms with Gasteiger partial charge in [-0.15, -0.1) is 0 Å². The molecular weight excluding hydrogens is 206 g/mol. The van der Waals surface area contributed by atoms with Crippen LogP contribution in [0.15, 0.2) is 18.3 Å². The predicted molar refractivity (Wildman–Crippen MR) is 62.6 cm³/mol. The van der Waals surface area contributed by atoms with Gasteiger partial charge in [-0.3, -0.25) is 4.79 Å². The van der Waals surface area contributed by atoms with E-state index in [-0.39, 0.29) is 12.0 Å². The number of methoxy groups -OCH3 is 1. The lowest BCUT2D eigenvalue weighted by atomic mass is 10.2. The summed E-state index contributed by atoms with van der Waals surface area (Å²) < 4.78 is 5.11. The van der Waals surface area contributed by atoms with Crippen molar-refractivity contribution in [2.24, 2.45) is 0 Å². The largest absolute Gasteiger partial charge is 0.380 e. The molecule has 1 atom stereocenters. The monoisotopic (exact) mass is 223 g/mol. The van der Waals surface area contributed by atoms with Gasteiger partial charge in [0.2, 0.25) is 0 Å². The molecule has 0 aromatic carbocycles. The molecule has 1 aromatic rings. The van der Waals surface area contributed by atoms with Crippen LogP contribution in [0.25, 0.3) is 0 Å². The van der Waals surface area contributed by atoms with Crippen molar-refractivity contribution in [3.8, 4) is 0 Å². The van der Waals surface area contributed by atoms with Crippen molar-refractivity contribution >= 4 is 11.7 Å². The van der Waals surface area contributed by atoms with Gasteiger partial charge in [0.15, 0.2) is 0 Å². The number of anilines is 1. The van der Waals surface area contributed by atoms with E-state index in [4.69, 9.17) is 4.74 Å². The minimum atomic E-state index is -0.152. The number of rotatable bonds is 5. The van der Waals surface area contributed by atoms with E-state index in [9.17, 15) is 4.79 Å². The molecule has 1 aromatic heterocycles. The van der Waals surface area contributed by atoms with Gasteiger partial charge in [-0.25, -0.2) is 4.98 Å². The van der Waals surface area contributed by atoms with Crippen LogP contribution in [0.3, 0.4) is 0 Å². The Morgan fingerprint density at radius 2 is 2.38 bits per heavy atom. The molecule has 1 heterocycles. The van der Waals surface area contributed by atoms with Crippen molar-refractivity contribution in [3.05, 3.63) is 23.9 Å². The van der Waals surface area contributed by atoms with Crippen LogP contribution in [-0.4, -0.2) is 37.7 Å². The maximum atomic E-state index is 11.5. The summed E-state index contributed by atoms with van der Waals surface area (Å²) in [4.78, 5) is 15.7. The minimum Gasteiger partial charge on any atom is -0.380 e. The fraction of sp³-hybridized carbons (Fsp3) is 0.455. The van der Waals surface area contributed by atoms with Gasteiger partial charge in [-0.2, -0.15) is 0 Å². The van der Waals surface area contributed by atoms with Crippen molar-refractivity contribution in [1.82, 2.24) is 10.3 Å². The highest BCUT2D eigenvalue weighted by atomic mass is 16.5. The van der Waals surface area contributed by atoms with Gasteiger partial charge in [-0.1, -0.05) is 0 Å². The first-order valence-corrected chi connectivity index (χ1v) is 5.12. The highest BCUT2D eigenvalue weighted by molar-refractivity contribution is 5.98. The number of carbonyl (C=O) groups is 1. The molecule has 2 N–H and O–H groups in total. The number of hydrogen-bond donors (Lipinski definition) is 2. The fourth-order valence-corrected chi connectivity index (χ4v) is 1.19. The zero-order chi connectivity index (χ0) is 12.0. The van der Waals surface area contributed by atoms with E-state index in [0.717, 1.165) is 0 Å². The van der Waals surface area contributed by atoms with E-state index >= 15 is 0 Å². The molecule has 1 rings (SSSR count). The summed E-state index contributed by atoms with van der Waals surface area (Å²) in [7, 11) is 3.24. The van der Waals surface area contributed by atoms with E-state index in [0.29, 0.717) is 17.9 Å². The molecule has 5 heteroatoms. The summed E-state index contributed by atoms with van der Waals surface area (Å²) in [5, 5.41) is 5.66. The lowest BCUT2D eigenvalue weighted by Gasteiger charge is -2.13. The number of hydrogen-bond acceptors (Lipinski definition) is 4. The minimum absolute atomic E-state index is 0.0690. The van der Waals surface area contributed by atoms with Gasteiger partial charge < -0.3 is 15.4 Å². The first-order valence-electron chi connectivity index (χ1n) is 5.12. The topological polar surface area (TPSA) is 63.2 Å². The Morgan fingerprint density at radius 3 is 3.00 bits per heavy atom. The third-order valence-electron chi connectivity index (χ3n) is 2.24. The van der Waals surface area contributed by atoms with Crippen molar-refractivity contribution in [3.63, 3.8) is 0 Å². The number of carbonyl (C=O) groups excluding carboxylic acids is 1. The van der Waals surface area contributed by atoms with Gasteiger partial charge in [0.05, 0.1) is 11.7 Å². The van der Waals surface area contributed by atoms with E-state index in [1.807, 2.05) is 6.92 Å². The summed E-state index contributed by atoms with van der Waals surface area (Å²) in [5.41, 5.74) is 0.535. The van der Waals surface area contributed by atoms with Crippen LogP contribution in [0.1, 0.15) is 17.3 Å². The predicted octanol–water partition coefficient (Wildman–Crippen LogP) is 0.888. The smallest absolute Gasteiger partial charge is 0.254 e. The molecule has 5 nitrogen and oxygen atoms in total. The molecule has 0 aliphatic rings. The molecule has 0 saturated heterocycles. The van der Waals surface area contributed by atoms with Crippen LogP contribution in [0.2, 0.25) is 0 Å². The number of ether oxygens (including phenoxy) is 1. The molecule has 0 aliphatic heterocycles. The van der Waals surface area contributed by atoms with Crippen LogP contribution in [0.5, 0.6) is 0 Å². The first-order chi connectivity index (χ1) is 7.69. The average molecular weight is 223 g/mol. The molecule has 0 aliphatic carbocycles. The number of nitrogens with zero attached hydrogens (tertiary/aromatic N) is 1. The molecule has 0 radical (unpaired) electrons. The number of aromatic nitrogens is 1. The van der Waals surface area contributed by atoms with Crippen molar-refractivity contribution in [2.45, 2.75) is 13.0 Å². The Labute approximate surface area is 95.2 Å². The second-order valence-corrected chi connectivity index (χ2v) is 3.41. The van der Waals surface area contributed by atoms with Crippen molar-refractivity contribution in [2.75, 3.05) is 26.0 Å². The number of nitrogens with one attached hydrogen (secondary N) is 2. The Balaban J connectivity index is 2.75. The summed E-state index contributed by atoms with van der Waals surface area (Å²) in [5.74, 6) is 0.423. The molecular formula is C11H17N3O2. The summed E-state index contributed by atoms with van der Waals surface area (Å²) in [6.07, 6.45) is 1.71. The maximum Gasteiger partial charge on any atom is 0.254 e.